The molecule has 2 aliphatic rings. The molecular weight excluding hydrogens is 529 g/mol. The fraction of sp³-hybridized carbons (Fsp3) is 0.387. The number of carbonyl (C=O) groups excluding carboxylic acids is 1. The molecular formula is C31H36FN3O4S. The third kappa shape index (κ3) is 7.20. The minimum absolute atomic E-state index is 0.0789. The second-order valence-corrected chi connectivity index (χ2v) is 12.3. The number of sulfonamides is 1. The molecule has 0 bridgehead atoms. The van der Waals surface area contributed by atoms with Crippen molar-refractivity contribution in [1.82, 2.24) is 10.0 Å². The lowest BCUT2D eigenvalue weighted by molar-refractivity contribution is -0.123. The van der Waals surface area contributed by atoms with E-state index in [-0.39, 0.29) is 16.6 Å². The molecule has 1 fully saturated rings. The third-order valence-corrected chi connectivity index (χ3v) is 9.22. The molecule has 0 aromatic heterocycles. The number of ether oxygens (including phenoxy) is 1. The van der Waals surface area contributed by atoms with Crippen LogP contribution in [0.15, 0.2) is 77.7 Å². The molecule has 0 saturated heterocycles. The number of amides is 1. The summed E-state index contributed by atoms with van der Waals surface area (Å²) in [6, 6.07) is 19.4. The zero-order valence-corrected chi connectivity index (χ0v) is 23.3. The molecule has 5 rings (SSSR count). The van der Waals surface area contributed by atoms with Crippen molar-refractivity contribution in [3.05, 3.63) is 84.2 Å². The Morgan fingerprint density at radius 2 is 1.70 bits per heavy atom. The van der Waals surface area contributed by atoms with Crippen LogP contribution >= 0.6 is 0 Å². The van der Waals surface area contributed by atoms with Crippen LogP contribution in [0.5, 0.6) is 11.5 Å². The number of benzene rings is 3. The molecule has 1 saturated carbocycles. The number of para-hydroxylation sites is 1. The van der Waals surface area contributed by atoms with Crippen molar-refractivity contribution in [2.45, 2.75) is 55.9 Å². The first-order chi connectivity index (χ1) is 19.4. The second-order valence-electron chi connectivity index (χ2n) is 10.6. The summed E-state index contributed by atoms with van der Waals surface area (Å²) in [6.07, 6.45) is 6.60. The van der Waals surface area contributed by atoms with Crippen LogP contribution in [-0.2, 0) is 21.2 Å². The Hall–Kier alpha value is -3.43. The van der Waals surface area contributed by atoms with E-state index < -0.39 is 16.1 Å². The van der Waals surface area contributed by atoms with Crippen LogP contribution in [0, 0.1) is 11.7 Å². The van der Waals surface area contributed by atoms with E-state index >= 15 is 0 Å². The molecule has 7 nitrogen and oxygen atoms in total. The summed E-state index contributed by atoms with van der Waals surface area (Å²) in [5.41, 5.74) is 1.95. The number of fused-ring (bicyclic) bond motifs is 1. The van der Waals surface area contributed by atoms with E-state index in [9.17, 15) is 17.6 Å². The first-order valence-electron chi connectivity index (χ1n) is 14.0. The van der Waals surface area contributed by atoms with Gasteiger partial charge in [0.25, 0.3) is 0 Å². The van der Waals surface area contributed by atoms with Gasteiger partial charge < -0.3 is 15.0 Å². The van der Waals surface area contributed by atoms with Crippen LogP contribution in [0.1, 0.15) is 44.1 Å². The topological polar surface area (TPSA) is 87.7 Å². The van der Waals surface area contributed by atoms with Crippen LogP contribution in [0.3, 0.4) is 0 Å². The van der Waals surface area contributed by atoms with Gasteiger partial charge in [0.2, 0.25) is 15.9 Å². The Balaban J connectivity index is 1.22. The molecule has 1 aliphatic carbocycles. The number of nitrogens with zero attached hydrogens (tertiary/aromatic N) is 1. The maximum atomic E-state index is 13.6. The number of hydrogen-bond donors (Lipinski definition) is 2. The van der Waals surface area contributed by atoms with Crippen LogP contribution in [0.4, 0.5) is 10.1 Å². The highest BCUT2D eigenvalue weighted by molar-refractivity contribution is 7.89. The molecule has 1 aliphatic heterocycles. The molecule has 3 aromatic carbocycles. The first kappa shape index (κ1) is 28.1. The van der Waals surface area contributed by atoms with Gasteiger partial charge in [-0.2, -0.15) is 4.72 Å². The summed E-state index contributed by atoms with van der Waals surface area (Å²) in [6.45, 7) is 1.69. The molecule has 3 aromatic rings. The number of rotatable bonds is 11. The summed E-state index contributed by atoms with van der Waals surface area (Å²) in [5.74, 6) is 0.911. The number of carbonyl (C=O) groups is 1. The molecule has 1 heterocycles. The van der Waals surface area contributed by atoms with Gasteiger partial charge in [-0.3, -0.25) is 4.79 Å². The van der Waals surface area contributed by atoms with Gasteiger partial charge in [-0.1, -0.05) is 50.3 Å². The summed E-state index contributed by atoms with van der Waals surface area (Å²) >= 11 is 0. The van der Waals surface area contributed by atoms with Gasteiger partial charge in [-0.15, -0.1) is 0 Å². The average molecular weight is 566 g/mol. The third-order valence-electron chi connectivity index (χ3n) is 7.73. The van der Waals surface area contributed by atoms with Crippen LogP contribution in [-0.4, -0.2) is 40.0 Å². The van der Waals surface area contributed by atoms with E-state index in [1.807, 2.05) is 30.3 Å². The van der Waals surface area contributed by atoms with E-state index in [1.165, 1.54) is 24.6 Å². The Morgan fingerprint density at radius 1 is 0.975 bits per heavy atom. The average Bonchev–Trinajstić information content (AvgIpc) is 3.35. The molecule has 9 heteroatoms. The van der Waals surface area contributed by atoms with Gasteiger partial charge in [0.1, 0.15) is 23.4 Å². The smallest absolute Gasteiger partial charge is 0.241 e. The SMILES string of the molecule is O=C(NCCN1CCc2cc(F)ccc21)[C@H](CC1CCCCC1)NS(=O)(=O)c1ccc(Oc2ccccc2)cc1. The molecule has 212 valence electrons. The summed E-state index contributed by atoms with van der Waals surface area (Å²) in [7, 11) is -3.94. The van der Waals surface area contributed by atoms with Gasteiger partial charge in [-0.05, 0) is 78.9 Å². The molecule has 1 atom stereocenters. The molecule has 0 radical (unpaired) electrons. The van der Waals surface area contributed by atoms with Crippen molar-refractivity contribution in [2.75, 3.05) is 24.5 Å². The lowest BCUT2D eigenvalue weighted by Crippen LogP contribution is -2.49. The Bertz CT molecular complexity index is 1390. The molecule has 0 unspecified atom stereocenters. The summed E-state index contributed by atoms with van der Waals surface area (Å²) in [5, 5.41) is 2.95. The highest BCUT2D eigenvalue weighted by atomic mass is 32.2. The van der Waals surface area contributed by atoms with Gasteiger partial charge in [0.05, 0.1) is 4.90 Å². The van der Waals surface area contributed by atoms with Crippen molar-refractivity contribution in [3.8, 4) is 11.5 Å². The standard InChI is InChI=1S/C31H36FN3O4S/c32-25-11-16-30-24(22-25)17-19-35(30)20-18-33-31(36)29(21-23-7-3-1-4-8-23)34-40(37,38)28-14-12-27(13-15-28)39-26-9-5-2-6-10-26/h2,5-6,9-16,22-23,29,34H,1,3-4,7-8,17-21H2,(H,33,36)/t29-/m0/s1. The lowest BCUT2D eigenvalue weighted by Gasteiger charge is -2.27. The van der Waals surface area contributed by atoms with E-state index in [2.05, 4.69) is 14.9 Å². The molecule has 40 heavy (non-hydrogen) atoms. The van der Waals surface area contributed by atoms with Crippen molar-refractivity contribution in [3.63, 3.8) is 0 Å². The number of hydrogen-bond acceptors (Lipinski definition) is 5. The zero-order valence-electron chi connectivity index (χ0n) is 22.5. The van der Waals surface area contributed by atoms with Crippen molar-refractivity contribution >= 4 is 21.6 Å². The second kappa shape index (κ2) is 12.8. The Labute approximate surface area is 235 Å². The first-order valence-corrected chi connectivity index (χ1v) is 15.5. The Morgan fingerprint density at radius 3 is 2.45 bits per heavy atom. The predicted molar refractivity (Wildman–Crippen MR) is 154 cm³/mol. The van der Waals surface area contributed by atoms with E-state index in [0.29, 0.717) is 36.9 Å². The maximum Gasteiger partial charge on any atom is 0.241 e. The number of nitrogens with one attached hydrogen (secondary N) is 2. The van der Waals surface area contributed by atoms with Gasteiger partial charge in [0, 0.05) is 25.3 Å². The zero-order chi connectivity index (χ0) is 28.0. The minimum Gasteiger partial charge on any atom is -0.457 e. The number of halogens is 1. The summed E-state index contributed by atoms with van der Waals surface area (Å²) in [4.78, 5) is 15.5. The maximum absolute atomic E-state index is 13.6. The van der Waals surface area contributed by atoms with Crippen LogP contribution < -0.4 is 19.7 Å². The van der Waals surface area contributed by atoms with Crippen molar-refractivity contribution in [1.29, 1.82) is 0 Å². The number of anilines is 1. The monoisotopic (exact) mass is 565 g/mol. The van der Waals surface area contributed by atoms with Crippen LogP contribution in [0.2, 0.25) is 0 Å². The molecule has 2 N–H and O–H groups in total. The van der Waals surface area contributed by atoms with Crippen molar-refractivity contribution < 1.29 is 22.3 Å². The van der Waals surface area contributed by atoms with Gasteiger partial charge >= 0.3 is 0 Å². The van der Waals surface area contributed by atoms with Gasteiger partial charge in [-0.25, -0.2) is 12.8 Å². The van der Waals surface area contributed by atoms with Crippen LogP contribution in [0.25, 0.3) is 0 Å². The minimum atomic E-state index is -3.94. The highest BCUT2D eigenvalue weighted by Gasteiger charge is 2.29. The molecule has 0 spiro atoms. The predicted octanol–water partition coefficient (Wildman–Crippen LogP) is 5.41. The van der Waals surface area contributed by atoms with Gasteiger partial charge in [0.15, 0.2) is 0 Å². The van der Waals surface area contributed by atoms with E-state index in [4.69, 9.17) is 4.74 Å². The molecule has 1 amide bonds. The quantitative estimate of drug-likeness (QED) is 0.325. The van der Waals surface area contributed by atoms with E-state index in [0.717, 1.165) is 49.9 Å². The Kier molecular flexibility index (Phi) is 9.01. The lowest BCUT2D eigenvalue weighted by atomic mass is 9.85. The van der Waals surface area contributed by atoms with Crippen molar-refractivity contribution in [2.24, 2.45) is 5.92 Å². The van der Waals surface area contributed by atoms with E-state index in [1.54, 1.807) is 24.3 Å². The normalized spacial score (nSPS) is 16.4. The highest BCUT2D eigenvalue weighted by Crippen LogP contribution is 2.29. The largest absolute Gasteiger partial charge is 0.457 e. The summed E-state index contributed by atoms with van der Waals surface area (Å²) < 4.78 is 48.7. The fourth-order valence-electron chi connectivity index (χ4n) is 5.64. The fourth-order valence-corrected chi connectivity index (χ4v) is 6.85.